The molecule has 1 amide bonds. The summed E-state index contributed by atoms with van der Waals surface area (Å²) >= 11 is 0. The second-order valence-electron chi connectivity index (χ2n) is 7.40. The molecule has 0 unspecified atom stereocenters. The lowest BCUT2D eigenvalue weighted by Gasteiger charge is -2.28. The van der Waals surface area contributed by atoms with Crippen molar-refractivity contribution in [3.8, 4) is 0 Å². The van der Waals surface area contributed by atoms with Crippen LogP contribution in [0.2, 0.25) is 0 Å². The molecule has 0 radical (unpaired) electrons. The van der Waals surface area contributed by atoms with E-state index >= 15 is 0 Å². The van der Waals surface area contributed by atoms with Crippen LogP contribution >= 0.6 is 12.4 Å². The van der Waals surface area contributed by atoms with Crippen molar-refractivity contribution in [2.75, 3.05) is 6.54 Å². The van der Waals surface area contributed by atoms with Gasteiger partial charge in [-0.05, 0) is 38.8 Å². The van der Waals surface area contributed by atoms with Crippen molar-refractivity contribution in [2.45, 2.75) is 76.8 Å². The van der Waals surface area contributed by atoms with E-state index in [0.29, 0.717) is 12.4 Å². The topological polar surface area (TPSA) is 98.7 Å². The number of rotatable bonds is 4. The Kier molecular flexibility index (Phi) is 6.95. The first-order valence-corrected chi connectivity index (χ1v) is 8.13. The Labute approximate surface area is 144 Å². The van der Waals surface area contributed by atoms with Crippen molar-refractivity contribution in [3.05, 3.63) is 5.82 Å². The van der Waals surface area contributed by atoms with Crippen LogP contribution < -0.4 is 11.1 Å². The van der Waals surface area contributed by atoms with E-state index in [2.05, 4.69) is 20.7 Å². The van der Waals surface area contributed by atoms with E-state index in [-0.39, 0.29) is 35.8 Å². The predicted molar refractivity (Wildman–Crippen MR) is 91.4 cm³/mol. The quantitative estimate of drug-likeness (QED) is 0.807. The van der Waals surface area contributed by atoms with Crippen LogP contribution in [-0.4, -0.2) is 38.2 Å². The molecule has 2 rings (SSSR count). The molecule has 1 aliphatic rings. The minimum atomic E-state index is -0.261. The minimum absolute atomic E-state index is 0. The molecule has 8 heteroatoms. The second kappa shape index (κ2) is 8.06. The molecule has 0 aromatic carbocycles. The highest BCUT2D eigenvalue weighted by Crippen LogP contribution is 2.24. The number of tetrazole rings is 1. The van der Waals surface area contributed by atoms with E-state index in [9.17, 15) is 4.79 Å². The van der Waals surface area contributed by atoms with E-state index in [1.807, 2.05) is 20.8 Å². The van der Waals surface area contributed by atoms with Crippen molar-refractivity contribution >= 4 is 18.3 Å². The fourth-order valence-corrected chi connectivity index (χ4v) is 2.69. The molecule has 0 bridgehead atoms. The Balaban J connectivity index is 0.00000264. The van der Waals surface area contributed by atoms with E-state index in [1.54, 1.807) is 0 Å². The molecule has 1 aliphatic carbocycles. The number of hydrogen-bond acceptors (Lipinski definition) is 5. The Morgan fingerprint density at radius 1 is 1.26 bits per heavy atom. The molecule has 1 aromatic rings. The van der Waals surface area contributed by atoms with Crippen LogP contribution in [-0.2, 0) is 16.8 Å². The van der Waals surface area contributed by atoms with Crippen LogP contribution in [0.3, 0.4) is 0 Å². The average Bonchev–Trinajstić information content (AvgIpc) is 2.79. The summed E-state index contributed by atoms with van der Waals surface area (Å²) in [5, 5.41) is 15.1. The molecule has 0 aliphatic heterocycles. The van der Waals surface area contributed by atoms with Gasteiger partial charge in [0.15, 0.2) is 5.82 Å². The number of nitrogens with two attached hydrogens (primary N) is 1. The van der Waals surface area contributed by atoms with Crippen LogP contribution in [0.4, 0.5) is 0 Å². The third kappa shape index (κ3) is 6.06. The van der Waals surface area contributed by atoms with Gasteiger partial charge in [-0.3, -0.25) is 4.79 Å². The maximum Gasteiger partial charge on any atom is 0.227 e. The van der Waals surface area contributed by atoms with Gasteiger partial charge < -0.3 is 11.1 Å². The molecule has 3 N–H and O–H groups in total. The number of aromatic nitrogens is 4. The van der Waals surface area contributed by atoms with Crippen molar-refractivity contribution < 1.29 is 4.79 Å². The zero-order valence-corrected chi connectivity index (χ0v) is 15.2. The van der Waals surface area contributed by atoms with Gasteiger partial charge in [0.2, 0.25) is 5.91 Å². The summed E-state index contributed by atoms with van der Waals surface area (Å²) < 4.78 is 0. The van der Waals surface area contributed by atoms with Gasteiger partial charge in [-0.25, -0.2) is 0 Å². The standard InChI is InChI=1S/C15H28N6O.ClH/c1-14(2,3)21-19-12(18-20-21)10-13(22)17-11-15(16)8-6-4-5-7-9-15;/h4-11,16H2,1-3H3,(H,17,22);1H. The predicted octanol–water partition coefficient (Wildman–Crippen LogP) is 1.56. The van der Waals surface area contributed by atoms with E-state index < -0.39 is 0 Å². The summed E-state index contributed by atoms with van der Waals surface area (Å²) in [5.74, 6) is 0.349. The SMILES string of the molecule is CC(C)(C)n1nnc(CC(=O)NCC2(N)CCCCCC2)n1.Cl. The third-order valence-corrected chi connectivity index (χ3v) is 4.11. The van der Waals surface area contributed by atoms with E-state index in [4.69, 9.17) is 5.73 Å². The lowest BCUT2D eigenvalue weighted by Crippen LogP contribution is -2.50. The third-order valence-electron chi connectivity index (χ3n) is 4.11. The minimum Gasteiger partial charge on any atom is -0.354 e. The first-order chi connectivity index (χ1) is 10.3. The Hall–Kier alpha value is -1.21. The lowest BCUT2D eigenvalue weighted by atomic mass is 9.91. The summed E-state index contributed by atoms with van der Waals surface area (Å²) in [7, 11) is 0. The molecule has 7 nitrogen and oxygen atoms in total. The molecular weight excluding hydrogens is 316 g/mol. The highest BCUT2D eigenvalue weighted by atomic mass is 35.5. The van der Waals surface area contributed by atoms with Crippen LogP contribution in [0.25, 0.3) is 0 Å². The van der Waals surface area contributed by atoms with Gasteiger partial charge in [-0.1, -0.05) is 25.7 Å². The molecule has 1 aromatic heterocycles. The summed E-state index contributed by atoms with van der Waals surface area (Å²) in [6, 6.07) is 0. The first-order valence-electron chi connectivity index (χ1n) is 8.13. The van der Waals surface area contributed by atoms with Crippen molar-refractivity contribution in [3.63, 3.8) is 0 Å². The number of hydrogen-bond donors (Lipinski definition) is 2. The highest BCUT2D eigenvalue weighted by Gasteiger charge is 2.27. The largest absolute Gasteiger partial charge is 0.354 e. The van der Waals surface area contributed by atoms with Gasteiger partial charge in [0.1, 0.15) is 0 Å². The number of nitrogens with zero attached hydrogens (tertiary/aromatic N) is 4. The Bertz CT molecular complexity index is 502. The molecule has 1 saturated carbocycles. The van der Waals surface area contributed by atoms with Crippen LogP contribution in [0.15, 0.2) is 0 Å². The Morgan fingerprint density at radius 2 is 1.87 bits per heavy atom. The molecular formula is C15H29ClN6O. The van der Waals surface area contributed by atoms with Gasteiger partial charge in [0.25, 0.3) is 0 Å². The zero-order chi connectivity index (χ0) is 16.2. The van der Waals surface area contributed by atoms with Gasteiger partial charge in [-0.2, -0.15) is 4.80 Å². The zero-order valence-electron chi connectivity index (χ0n) is 14.3. The summed E-state index contributed by atoms with van der Waals surface area (Å²) in [6.07, 6.45) is 6.88. The number of amides is 1. The highest BCUT2D eigenvalue weighted by molar-refractivity contribution is 5.85. The average molecular weight is 345 g/mol. The van der Waals surface area contributed by atoms with Gasteiger partial charge in [0.05, 0.1) is 12.0 Å². The number of halogens is 1. The Morgan fingerprint density at radius 3 is 2.39 bits per heavy atom. The fourth-order valence-electron chi connectivity index (χ4n) is 2.69. The van der Waals surface area contributed by atoms with Crippen molar-refractivity contribution in [1.29, 1.82) is 0 Å². The normalized spacial score (nSPS) is 17.9. The van der Waals surface area contributed by atoms with Crippen molar-refractivity contribution in [2.24, 2.45) is 5.73 Å². The summed E-state index contributed by atoms with van der Waals surface area (Å²) in [6.45, 7) is 6.49. The molecule has 1 fully saturated rings. The smallest absolute Gasteiger partial charge is 0.227 e. The number of nitrogens with one attached hydrogen (secondary N) is 1. The maximum atomic E-state index is 12.1. The molecule has 132 valence electrons. The number of carbonyl (C=O) groups excluding carboxylic acids is 1. The maximum absolute atomic E-state index is 12.1. The monoisotopic (exact) mass is 344 g/mol. The first kappa shape index (κ1) is 19.8. The number of carbonyl (C=O) groups is 1. The fraction of sp³-hybridized carbons (Fsp3) is 0.867. The molecule has 23 heavy (non-hydrogen) atoms. The van der Waals surface area contributed by atoms with E-state index in [1.165, 1.54) is 17.6 Å². The van der Waals surface area contributed by atoms with Crippen LogP contribution in [0.1, 0.15) is 65.1 Å². The van der Waals surface area contributed by atoms with Gasteiger partial charge >= 0.3 is 0 Å². The van der Waals surface area contributed by atoms with Gasteiger partial charge in [0, 0.05) is 12.1 Å². The molecule has 1 heterocycles. The van der Waals surface area contributed by atoms with E-state index in [0.717, 1.165) is 25.7 Å². The second-order valence-corrected chi connectivity index (χ2v) is 7.40. The molecule has 0 saturated heterocycles. The summed E-state index contributed by atoms with van der Waals surface area (Å²) in [4.78, 5) is 13.6. The van der Waals surface area contributed by atoms with Crippen molar-refractivity contribution in [1.82, 2.24) is 25.5 Å². The molecule has 0 spiro atoms. The summed E-state index contributed by atoms with van der Waals surface area (Å²) in [5.41, 5.74) is 5.91. The molecule has 0 atom stereocenters. The lowest BCUT2D eigenvalue weighted by molar-refractivity contribution is -0.120. The van der Waals surface area contributed by atoms with Crippen LogP contribution in [0.5, 0.6) is 0 Å². The van der Waals surface area contributed by atoms with Crippen LogP contribution in [0, 0.1) is 0 Å². The van der Waals surface area contributed by atoms with Gasteiger partial charge in [-0.15, -0.1) is 22.6 Å².